The van der Waals surface area contributed by atoms with Gasteiger partial charge in [0.05, 0.1) is 16.9 Å². The third kappa shape index (κ3) is 2.17. The van der Waals surface area contributed by atoms with E-state index in [0.717, 1.165) is 40.1 Å². The van der Waals surface area contributed by atoms with Crippen molar-refractivity contribution in [1.29, 1.82) is 0 Å². The standard InChI is InChI=1S/C17H20N4/c1-5-14-11(3)20-21(12(14)4)17-8-10(2)19-16-7-6-13(18)9-15(16)17/h6-9H,5,18H2,1-4H3. The fraction of sp³-hybridized carbons (Fsp3) is 0.294. The molecule has 0 aliphatic carbocycles. The van der Waals surface area contributed by atoms with Gasteiger partial charge in [0.2, 0.25) is 0 Å². The molecular formula is C17H20N4. The zero-order chi connectivity index (χ0) is 15.1. The summed E-state index contributed by atoms with van der Waals surface area (Å²) in [5.74, 6) is 0. The first kappa shape index (κ1) is 13.6. The van der Waals surface area contributed by atoms with E-state index in [4.69, 9.17) is 10.8 Å². The lowest BCUT2D eigenvalue weighted by Gasteiger charge is -2.11. The van der Waals surface area contributed by atoms with Gasteiger partial charge in [0.15, 0.2) is 0 Å². The van der Waals surface area contributed by atoms with Crippen molar-refractivity contribution >= 4 is 16.6 Å². The number of aryl methyl sites for hydroxylation is 2. The summed E-state index contributed by atoms with van der Waals surface area (Å²) in [5.41, 5.74) is 13.2. The second-order valence-corrected chi connectivity index (χ2v) is 5.47. The van der Waals surface area contributed by atoms with Crippen molar-refractivity contribution in [2.24, 2.45) is 0 Å². The molecule has 0 fully saturated rings. The number of hydrogen-bond acceptors (Lipinski definition) is 3. The molecule has 0 spiro atoms. The van der Waals surface area contributed by atoms with Crippen LogP contribution in [0.2, 0.25) is 0 Å². The maximum atomic E-state index is 5.95. The van der Waals surface area contributed by atoms with Gasteiger partial charge in [-0.25, -0.2) is 4.68 Å². The first-order valence-electron chi connectivity index (χ1n) is 7.23. The Labute approximate surface area is 124 Å². The lowest BCUT2D eigenvalue weighted by molar-refractivity contribution is 0.836. The van der Waals surface area contributed by atoms with Crippen LogP contribution in [0, 0.1) is 20.8 Å². The molecule has 0 radical (unpaired) electrons. The summed E-state index contributed by atoms with van der Waals surface area (Å²) in [6.45, 7) is 8.35. The van der Waals surface area contributed by atoms with E-state index in [2.05, 4.69) is 31.8 Å². The quantitative estimate of drug-likeness (QED) is 0.731. The van der Waals surface area contributed by atoms with Crippen molar-refractivity contribution in [2.75, 3.05) is 5.73 Å². The van der Waals surface area contributed by atoms with E-state index in [1.807, 2.05) is 29.8 Å². The van der Waals surface area contributed by atoms with Crippen molar-refractivity contribution in [2.45, 2.75) is 34.1 Å². The molecule has 0 saturated carbocycles. The number of rotatable bonds is 2. The Kier molecular flexibility index (Phi) is 3.16. The lowest BCUT2D eigenvalue weighted by atomic mass is 10.1. The molecule has 4 heteroatoms. The van der Waals surface area contributed by atoms with Gasteiger partial charge >= 0.3 is 0 Å². The molecule has 0 atom stereocenters. The number of anilines is 1. The molecule has 1 aromatic carbocycles. The van der Waals surface area contributed by atoms with Gasteiger partial charge in [0, 0.05) is 22.5 Å². The summed E-state index contributed by atoms with van der Waals surface area (Å²) in [7, 11) is 0. The molecule has 2 aromatic heterocycles. The SMILES string of the molecule is CCc1c(C)nn(-c2cc(C)nc3ccc(N)cc23)c1C. The number of aromatic nitrogens is 3. The molecular weight excluding hydrogens is 260 g/mol. The van der Waals surface area contributed by atoms with Gasteiger partial charge in [0.1, 0.15) is 0 Å². The first-order valence-corrected chi connectivity index (χ1v) is 7.23. The minimum atomic E-state index is 0.742. The molecule has 0 amide bonds. The normalized spacial score (nSPS) is 11.2. The highest BCUT2D eigenvalue weighted by Gasteiger charge is 2.14. The summed E-state index contributed by atoms with van der Waals surface area (Å²) >= 11 is 0. The molecule has 0 unspecified atom stereocenters. The number of nitrogen functional groups attached to an aromatic ring is 1. The monoisotopic (exact) mass is 280 g/mol. The molecule has 3 rings (SSSR count). The zero-order valence-electron chi connectivity index (χ0n) is 12.9. The third-order valence-corrected chi connectivity index (χ3v) is 3.96. The van der Waals surface area contributed by atoms with E-state index in [0.29, 0.717) is 0 Å². The number of nitrogens with zero attached hydrogens (tertiary/aromatic N) is 3. The average Bonchev–Trinajstić information content (AvgIpc) is 2.73. The fourth-order valence-electron chi connectivity index (χ4n) is 2.95. The van der Waals surface area contributed by atoms with Crippen molar-refractivity contribution in [3.63, 3.8) is 0 Å². The van der Waals surface area contributed by atoms with Gasteiger partial charge in [-0.15, -0.1) is 0 Å². The van der Waals surface area contributed by atoms with Crippen LogP contribution in [0.15, 0.2) is 24.3 Å². The summed E-state index contributed by atoms with van der Waals surface area (Å²) < 4.78 is 2.02. The Bertz CT molecular complexity index is 830. The number of pyridine rings is 1. The molecule has 2 heterocycles. The average molecular weight is 280 g/mol. The Balaban J connectivity index is 2.36. The molecule has 0 aliphatic heterocycles. The summed E-state index contributed by atoms with van der Waals surface area (Å²) in [6.07, 6.45) is 0.988. The van der Waals surface area contributed by atoms with Crippen LogP contribution in [-0.2, 0) is 6.42 Å². The van der Waals surface area contributed by atoms with E-state index in [1.54, 1.807) is 0 Å². The Morgan fingerprint density at radius 2 is 1.90 bits per heavy atom. The van der Waals surface area contributed by atoms with E-state index in [-0.39, 0.29) is 0 Å². The van der Waals surface area contributed by atoms with Gasteiger partial charge in [0.25, 0.3) is 0 Å². The molecule has 3 aromatic rings. The van der Waals surface area contributed by atoms with Crippen LogP contribution in [0.1, 0.15) is 29.6 Å². The van der Waals surface area contributed by atoms with Crippen LogP contribution in [0.4, 0.5) is 5.69 Å². The minimum absolute atomic E-state index is 0.742. The van der Waals surface area contributed by atoms with Crippen molar-refractivity contribution < 1.29 is 0 Å². The van der Waals surface area contributed by atoms with Crippen molar-refractivity contribution in [3.8, 4) is 5.69 Å². The first-order chi connectivity index (χ1) is 10.0. The van der Waals surface area contributed by atoms with Gasteiger partial charge in [-0.3, -0.25) is 4.98 Å². The molecule has 0 saturated heterocycles. The van der Waals surface area contributed by atoms with E-state index in [1.165, 1.54) is 11.3 Å². The summed E-state index contributed by atoms with van der Waals surface area (Å²) in [6, 6.07) is 7.89. The number of hydrogen-bond donors (Lipinski definition) is 1. The van der Waals surface area contributed by atoms with Crippen molar-refractivity contribution in [1.82, 2.24) is 14.8 Å². The van der Waals surface area contributed by atoms with Crippen LogP contribution < -0.4 is 5.73 Å². The largest absolute Gasteiger partial charge is 0.399 e. The van der Waals surface area contributed by atoms with Gasteiger partial charge in [-0.05, 0) is 57.0 Å². The molecule has 4 nitrogen and oxygen atoms in total. The topological polar surface area (TPSA) is 56.7 Å². The number of nitrogens with two attached hydrogens (primary N) is 1. The van der Waals surface area contributed by atoms with Gasteiger partial charge in [-0.1, -0.05) is 6.92 Å². The third-order valence-electron chi connectivity index (χ3n) is 3.96. The molecule has 2 N–H and O–H groups in total. The van der Waals surface area contributed by atoms with Crippen LogP contribution in [-0.4, -0.2) is 14.8 Å². The van der Waals surface area contributed by atoms with Gasteiger partial charge < -0.3 is 5.73 Å². The molecule has 0 bridgehead atoms. The highest BCUT2D eigenvalue weighted by Crippen LogP contribution is 2.26. The van der Waals surface area contributed by atoms with Crippen LogP contribution in [0.5, 0.6) is 0 Å². The van der Waals surface area contributed by atoms with E-state index >= 15 is 0 Å². The Morgan fingerprint density at radius 3 is 2.57 bits per heavy atom. The van der Waals surface area contributed by atoms with Crippen LogP contribution >= 0.6 is 0 Å². The molecule has 21 heavy (non-hydrogen) atoms. The minimum Gasteiger partial charge on any atom is -0.399 e. The maximum Gasteiger partial charge on any atom is 0.0761 e. The van der Waals surface area contributed by atoms with Crippen molar-refractivity contribution in [3.05, 3.63) is 46.9 Å². The van der Waals surface area contributed by atoms with Crippen LogP contribution in [0.3, 0.4) is 0 Å². The second-order valence-electron chi connectivity index (χ2n) is 5.47. The highest BCUT2D eigenvalue weighted by atomic mass is 15.3. The predicted molar refractivity (Wildman–Crippen MR) is 86.9 cm³/mol. The Morgan fingerprint density at radius 1 is 1.14 bits per heavy atom. The lowest BCUT2D eigenvalue weighted by Crippen LogP contribution is -2.03. The fourth-order valence-corrected chi connectivity index (χ4v) is 2.95. The summed E-state index contributed by atoms with van der Waals surface area (Å²) in [5, 5.41) is 5.76. The Hall–Kier alpha value is -2.36. The summed E-state index contributed by atoms with van der Waals surface area (Å²) in [4.78, 5) is 4.59. The number of fused-ring (bicyclic) bond motifs is 1. The molecule has 0 aliphatic rings. The smallest absolute Gasteiger partial charge is 0.0761 e. The highest BCUT2D eigenvalue weighted by molar-refractivity contribution is 5.89. The molecule has 108 valence electrons. The zero-order valence-corrected chi connectivity index (χ0v) is 12.9. The maximum absolute atomic E-state index is 5.95. The van der Waals surface area contributed by atoms with E-state index in [9.17, 15) is 0 Å². The van der Waals surface area contributed by atoms with E-state index < -0.39 is 0 Å². The van der Waals surface area contributed by atoms with Crippen LogP contribution in [0.25, 0.3) is 16.6 Å². The second kappa shape index (κ2) is 4.88. The van der Waals surface area contributed by atoms with Gasteiger partial charge in [-0.2, -0.15) is 5.10 Å². The predicted octanol–water partition coefficient (Wildman–Crippen LogP) is 3.49. The number of benzene rings is 1.